The fourth-order valence-corrected chi connectivity index (χ4v) is 2.08. The molecule has 1 aromatic carbocycles. The number of rotatable bonds is 5. The topological polar surface area (TPSA) is 58.4 Å². The standard InChI is InChI=1S/C14H21N3O/c1-17(13-3-2-4-13)10-9-14(18)16-12-7-5-11(15)6-8-12/h5-8,13H,2-4,9-10,15H2,1H3,(H,16,18). The van der Waals surface area contributed by atoms with Crippen LogP contribution in [0.15, 0.2) is 24.3 Å². The average molecular weight is 247 g/mol. The molecule has 1 aliphatic rings. The van der Waals surface area contributed by atoms with Crippen molar-refractivity contribution >= 4 is 17.3 Å². The van der Waals surface area contributed by atoms with E-state index in [0.717, 1.165) is 12.2 Å². The van der Waals surface area contributed by atoms with Gasteiger partial charge in [-0.25, -0.2) is 0 Å². The van der Waals surface area contributed by atoms with Gasteiger partial charge in [-0.3, -0.25) is 4.79 Å². The van der Waals surface area contributed by atoms with Gasteiger partial charge in [-0.1, -0.05) is 6.42 Å². The Hall–Kier alpha value is -1.55. The molecule has 1 aromatic rings. The van der Waals surface area contributed by atoms with Gasteiger partial charge in [0.1, 0.15) is 0 Å². The van der Waals surface area contributed by atoms with Crippen LogP contribution in [0, 0.1) is 0 Å². The lowest BCUT2D eigenvalue weighted by molar-refractivity contribution is -0.116. The van der Waals surface area contributed by atoms with E-state index >= 15 is 0 Å². The van der Waals surface area contributed by atoms with E-state index in [0.29, 0.717) is 18.2 Å². The van der Waals surface area contributed by atoms with Crippen LogP contribution in [0.25, 0.3) is 0 Å². The van der Waals surface area contributed by atoms with Gasteiger partial charge in [-0.15, -0.1) is 0 Å². The Morgan fingerprint density at radius 1 is 1.39 bits per heavy atom. The first kappa shape index (κ1) is 12.9. The Morgan fingerprint density at radius 2 is 2.06 bits per heavy atom. The van der Waals surface area contributed by atoms with E-state index in [2.05, 4.69) is 17.3 Å². The number of nitrogens with two attached hydrogens (primary N) is 1. The lowest BCUT2D eigenvalue weighted by Crippen LogP contribution is -2.38. The van der Waals surface area contributed by atoms with Gasteiger partial charge < -0.3 is 16.0 Å². The molecule has 18 heavy (non-hydrogen) atoms. The second kappa shape index (κ2) is 5.87. The maximum atomic E-state index is 11.8. The molecule has 0 atom stereocenters. The van der Waals surface area contributed by atoms with E-state index in [1.807, 2.05) is 12.1 Å². The van der Waals surface area contributed by atoms with Crippen LogP contribution in [0.1, 0.15) is 25.7 Å². The number of benzene rings is 1. The first-order chi connectivity index (χ1) is 8.65. The molecule has 3 N–H and O–H groups in total. The monoisotopic (exact) mass is 247 g/mol. The predicted octanol–water partition coefficient (Wildman–Crippen LogP) is 2.08. The van der Waals surface area contributed by atoms with Gasteiger partial charge in [0.2, 0.25) is 5.91 Å². The molecule has 0 aliphatic heterocycles. The van der Waals surface area contributed by atoms with Crippen LogP contribution < -0.4 is 11.1 Å². The molecule has 4 heteroatoms. The summed E-state index contributed by atoms with van der Waals surface area (Å²) in [6.45, 7) is 0.825. The second-order valence-corrected chi connectivity index (χ2v) is 4.99. The van der Waals surface area contributed by atoms with Crippen LogP contribution in [0.3, 0.4) is 0 Å². The van der Waals surface area contributed by atoms with E-state index in [9.17, 15) is 4.79 Å². The van der Waals surface area contributed by atoms with Crippen molar-refractivity contribution < 1.29 is 4.79 Å². The minimum atomic E-state index is 0.0611. The number of hydrogen-bond acceptors (Lipinski definition) is 3. The van der Waals surface area contributed by atoms with Crippen LogP contribution in [-0.4, -0.2) is 30.4 Å². The Kier molecular flexibility index (Phi) is 4.20. The maximum absolute atomic E-state index is 11.8. The third kappa shape index (κ3) is 3.47. The summed E-state index contributed by atoms with van der Waals surface area (Å²) >= 11 is 0. The molecule has 0 aromatic heterocycles. The van der Waals surface area contributed by atoms with Crippen LogP contribution in [0.2, 0.25) is 0 Å². The molecular formula is C14H21N3O. The highest BCUT2D eigenvalue weighted by atomic mass is 16.1. The largest absolute Gasteiger partial charge is 0.399 e. The van der Waals surface area contributed by atoms with Crippen LogP contribution in [-0.2, 0) is 4.79 Å². The van der Waals surface area contributed by atoms with Crippen molar-refractivity contribution in [1.29, 1.82) is 0 Å². The third-order valence-electron chi connectivity index (χ3n) is 3.58. The van der Waals surface area contributed by atoms with E-state index in [4.69, 9.17) is 5.73 Å². The Morgan fingerprint density at radius 3 is 2.61 bits per heavy atom. The highest BCUT2D eigenvalue weighted by molar-refractivity contribution is 5.90. The van der Waals surface area contributed by atoms with Crippen LogP contribution in [0.5, 0.6) is 0 Å². The van der Waals surface area contributed by atoms with Gasteiger partial charge in [0.05, 0.1) is 0 Å². The van der Waals surface area contributed by atoms with Crippen LogP contribution in [0.4, 0.5) is 11.4 Å². The quantitative estimate of drug-likeness (QED) is 0.783. The molecule has 0 unspecified atom stereocenters. The molecular weight excluding hydrogens is 226 g/mol. The Bertz CT molecular complexity index is 398. The molecule has 4 nitrogen and oxygen atoms in total. The number of amides is 1. The van der Waals surface area contributed by atoms with E-state index in [-0.39, 0.29) is 5.91 Å². The summed E-state index contributed by atoms with van der Waals surface area (Å²) < 4.78 is 0. The van der Waals surface area contributed by atoms with Gasteiger partial charge in [0, 0.05) is 30.4 Å². The molecule has 1 fully saturated rings. The smallest absolute Gasteiger partial charge is 0.225 e. The van der Waals surface area contributed by atoms with Crippen LogP contribution >= 0.6 is 0 Å². The number of carbonyl (C=O) groups excluding carboxylic acids is 1. The van der Waals surface area contributed by atoms with Gasteiger partial charge in [0.25, 0.3) is 0 Å². The number of nitrogens with zero attached hydrogens (tertiary/aromatic N) is 1. The van der Waals surface area contributed by atoms with E-state index in [1.54, 1.807) is 12.1 Å². The normalized spacial score (nSPS) is 15.4. The molecule has 0 radical (unpaired) electrons. The summed E-state index contributed by atoms with van der Waals surface area (Å²) in [6, 6.07) is 7.91. The SMILES string of the molecule is CN(CCC(=O)Nc1ccc(N)cc1)C1CCC1. The summed E-state index contributed by atoms with van der Waals surface area (Å²) in [5.74, 6) is 0.0611. The second-order valence-electron chi connectivity index (χ2n) is 4.99. The Labute approximate surface area is 108 Å². The average Bonchev–Trinajstić information content (AvgIpc) is 2.27. The molecule has 0 saturated heterocycles. The molecule has 98 valence electrons. The molecule has 0 heterocycles. The van der Waals surface area contributed by atoms with Gasteiger partial charge in [-0.2, -0.15) is 0 Å². The van der Waals surface area contributed by atoms with Gasteiger partial charge in [0.15, 0.2) is 0 Å². The number of nitrogen functional groups attached to an aromatic ring is 1. The zero-order valence-corrected chi connectivity index (χ0v) is 10.9. The third-order valence-corrected chi connectivity index (χ3v) is 3.58. The van der Waals surface area contributed by atoms with Crippen molar-refractivity contribution in [2.45, 2.75) is 31.7 Å². The van der Waals surface area contributed by atoms with Gasteiger partial charge in [-0.05, 0) is 44.2 Å². The zero-order chi connectivity index (χ0) is 13.0. The molecule has 2 rings (SSSR count). The number of nitrogens with one attached hydrogen (secondary N) is 1. The van der Waals surface area contributed by atoms with Crippen molar-refractivity contribution in [2.75, 3.05) is 24.6 Å². The lowest BCUT2D eigenvalue weighted by atomic mass is 9.92. The molecule has 0 bridgehead atoms. The minimum absolute atomic E-state index is 0.0611. The van der Waals surface area contributed by atoms with Crippen molar-refractivity contribution in [3.8, 4) is 0 Å². The van der Waals surface area contributed by atoms with E-state index < -0.39 is 0 Å². The molecule has 1 saturated carbocycles. The Balaban J connectivity index is 1.72. The number of hydrogen-bond donors (Lipinski definition) is 2. The minimum Gasteiger partial charge on any atom is -0.399 e. The van der Waals surface area contributed by atoms with Crippen molar-refractivity contribution in [3.63, 3.8) is 0 Å². The summed E-state index contributed by atoms with van der Waals surface area (Å²) in [4.78, 5) is 14.0. The highest BCUT2D eigenvalue weighted by Crippen LogP contribution is 2.23. The number of carbonyl (C=O) groups is 1. The summed E-state index contributed by atoms with van der Waals surface area (Å²) in [7, 11) is 2.10. The summed E-state index contributed by atoms with van der Waals surface area (Å²) in [6.07, 6.45) is 4.41. The summed E-state index contributed by atoms with van der Waals surface area (Å²) in [5.41, 5.74) is 7.10. The predicted molar refractivity (Wildman–Crippen MR) is 74.4 cm³/mol. The van der Waals surface area contributed by atoms with E-state index in [1.165, 1.54) is 19.3 Å². The summed E-state index contributed by atoms with van der Waals surface area (Å²) in [5, 5.41) is 2.88. The van der Waals surface area contributed by atoms with Crippen molar-refractivity contribution in [1.82, 2.24) is 4.90 Å². The highest BCUT2D eigenvalue weighted by Gasteiger charge is 2.21. The maximum Gasteiger partial charge on any atom is 0.225 e. The zero-order valence-electron chi connectivity index (χ0n) is 10.9. The molecule has 1 amide bonds. The number of anilines is 2. The lowest BCUT2D eigenvalue weighted by Gasteiger charge is -2.34. The molecule has 1 aliphatic carbocycles. The van der Waals surface area contributed by atoms with Crippen molar-refractivity contribution in [2.24, 2.45) is 0 Å². The van der Waals surface area contributed by atoms with Gasteiger partial charge >= 0.3 is 0 Å². The molecule has 0 spiro atoms. The van der Waals surface area contributed by atoms with Crippen molar-refractivity contribution in [3.05, 3.63) is 24.3 Å². The fraction of sp³-hybridized carbons (Fsp3) is 0.500. The first-order valence-corrected chi connectivity index (χ1v) is 6.51. The fourth-order valence-electron chi connectivity index (χ4n) is 2.08. The first-order valence-electron chi connectivity index (χ1n) is 6.51.